The Morgan fingerprint density at radius 2 is 1.91 bits per heavy atom. The first kappa shape index (κ1) is 14.4. The molecule has 22 heavy (non-hydrogen) atoms. The minimum Gasteiger partial charge on any atom is -0.297 e. The molecule has 0 fully saturated rings. The van der Waals surface area contributed by atoms with E-state index in [1.54, 1.807) is 29.2 Å². The van der Waals surface area contributed by atoms with Gasteiger partial charge in [0.05, 0.1) is 11.7 Å². The SMILES string of the molecule is CC(C)C(=O)Cn1ncc2ncc(-c3ccc(F)cc3)cc21. The first-order valence-electron chi connectivity index (χ1n) is 7.15. The number of Topliss-reactive ketones (excluding diaryl/α,β-unsaturated/α-hetero) is 1. The highest BCUT2D eigenvalue weighted by atomic mass is 19.1. The summed E-state index contributed by atoms with van der Waals surface area (Å²) in [7, 11) is 0. The summed E-state index contributed by atoms with van der Waals surface area (Å²) in [5, 5.41) is 4.24. The average Bonchev–Trinajstić information content (AvgIpc) is 2.90. The van der Waals surface area contributed by atoms with E-state index in [0.717, 1.165) is 22.2 Å². The third-order valence-corrected chi connectivity index (χ3v) is 3.62. The summed E-state index contributed by atoms with van der Waals surface area (Å²) >= 11 is 0. The summed E-state index contributed by atoms with van der Waals surface area (Å²) in [6, 6.07) is 8.17. The van der Waals surface area contributed by atoms with Gasteiger partial charge in [-0.25, -0.2) is 4.39 Å². The Hall–Kier alpha value is -2.56. The second-order valence-electron chi connectivity index (χ2n) is 5.56. The summed E-state index contributed by atoms with van der Waals surface area (Å²) in [4.78, 5) is 16.3. The van der Waals surface area contributed by atoms with Crippen molar-refractivity contribution in [2.24, 2.45) is 5.92 Å². The molecular weight excluding hydrogens is 281 g/mol. The molecule has 0 bridgehead atoms. The Bertz CT molecular complexity index is 822. The van der Waals surface area contributed by atoms with Crippen molar-refractivity contribution in [3.8, 4) is 11.1 Å². The number of rotatable bonds is 4. The zero-order valence-electron chi connectivity index (χ0n) is 12.5. The van der Waals surface area contributed by atoms with Crippen LogP contribution in [0.15, 0.2) is 42.7 Å². The Balaban J connectivity index is 2.01. The lowest BCUT2D eigenvalue weighted by Crippen LogP contribution is -2.16. The average molecular weight is 297 g/mol. The third-order valence-electron chi connectivity index (χ3n) is 3.62. The van der Waals surface area contributed by atoms with Gasteiger partial charge < -0.3 is 0 Å². The Morgan fingerprint density at radius 1 is 1.18 bits per heavy atom. The van der Waals surface area contributed by atoms with Crippen LogP contribution < -0.4 is 0 Å². The van der Waals surface area contributed by atoms with E-state index in [-0.39, 0.29) is 24.1 Å². The number of carbonyl (C=O) groups is 1. The van der Waals surface area contributed by atoms with Crippen molar-refractivity contribution in [1.82, 2.24) is 14.8 Å². The highest BCUT2D eigenvalue weighted by Crippen LogP contribution is 2.23. The van der Waals surface area contributed by atoms with E-state index < -0.39 is 0 Å². The van der Waals surface area contributed by atoms with Gasteiger partial charge in [-0.2, -0.15) is 5.10 Å². The quantitative estimate of drug-likeness (QED) is 0.741. The van der Waals surface area contributed by atoms with Gasteiger partial charge in [-0.1, -0.05) is 26.0 Å². The number of aromatic nitrogens is 3. The van der Waals surface area contributed by atoms with Gasteiger partial charge in [0, 0.05) is 17.7 Å². The lowest BCUT2D eigenvalue weighted by molar-refractivity contribution is -0.122. The van der Waals surface area contributed by atoms with Crippen LogP contribution in [0.25, 0.3) is 22.2 Å². The van der Waals surface area contributed by atoms with Crippen molar-refractivity contribution in [2.75, 3.05) is 0 Å². The Kier molecular flexibility index (Phi) is 3.71. The van der Waals surface area contributed by atoms with Crippen LogP contribution in [-0.4, -0.2) is 20.5 Å². The summed E-state index contributed by atoms with van der Waals surface area (Å²) in [5.41, 5.74) is 3.28. The summed E-state index contributed by atoms with van der Waals surface area (Å²) < 4.78 is 14.7. The van der Waals surface area contributed by atoms with Gasteiger partial charge in [-0.05, 0) is 23.8 Å². The molecule has 0 aliphatic heterocycles. The first-order chi connectivity index (χ1) is 10.5. The maximum absolute atomic E-state index is 13.0. The molecule has 4 nitrogen and oxygen atoms in total. The zero-order chi connectivity index (χ0) is 15.7. The summed E-state index contributed by atoms with van der Waals surface area (Å²) in [5.74, 6) is -0.185. The van der Waals surface area contributed by atoms with Gasteiger partial charge in [0.1, 0.15) is 17.9 Å². The number of pyridine rings is 1. The molecule has 0 aliphatic carbocycles. The van der Waals surface area contributed by atoms with E-state index in [0.29, 0.717) is 0 Å². The number of carbonyl (C=O) groups excluding carboxylic acids is 1. The van der Waals surface area contributed by atoms with E-state index in [2.05, 4.69) is 10.1 Å². The smallest absolute Gasteiger partial charge is 0.156 e. The van der Waals surface area contributed by atoms with Crippen LogP contribution in [0.2, 0.25) is 0 Å². The topological polar surface area (TPSA) is 47.8 Å². The van der Waals surface area contributed by atoms with E-state index in [1.807, 2.05) is 19.9 Å². The minimum atomic E-state index is -0.273. The lowest BCUT2D eigenvalue weighted by Gasteiger charge is -2.07. The molecule has 0 saturated heterocycles. The molecule has 0 spiro atoms. The fourth-order valence-electron chi connectivity index (χ4n) is 2.21. The first-order valence-corrected chi connectivity index (χ1v) is 7.15. The van der Waals surface area contributed by atoms with Crippen molar-refractivity contribution in [3.05, 3.63) is 48.5 Å². The second-order valence-corrected chi connectivity index (χ2v) is 5.56. The number of halogens is 1. The van der Waals surface area contributed by atoms with Crippen LogP contribution >= 0.6 is 0 Å². The molecule has 2 heterocycles. The highest BCUT2D eigenvalue weighted by molar-refractivity contribution is 5.84. The van der Waals surface area contributed by atoms with Crippen molar-refractivity contribution in [1.29, 1.82) is 0 Å². The van der Waals surface area contributed by atoms with Crippen molar-refractivity contribution >= 4 is 16.8 Å². The molecule has 0 amide bonds. The predicted octanol–water partition coefficient (Wildman–Crippen LogP) is 3.46. The Labute approximate surface area is 127 Å². The molecule has 5 heteroatoms. The van der Waals surface area contributed by atoms with Gasteiger partial charge in [0.15, 0.2) is 5.78 Å². The number of fused-ring (bicyclic) bond motifs is 1. The molecule has 0 N–H and O–H groups in total. The number of ketones is 1. The molecular formula is C17H16FN3O. The number of hydrogen-bond donors (Lipinski definition) is 0. The number of benzene rings is 1. The van der Waals surface area contributed by atoms with Crippen LogP contribution in [0, 0.1) is 11.7 Å². The normalized spacial score (nSPS) is 11.3. The highest BCUT2D eigenvalue weighted by Gasteiger charge is 2.12. The van der Waals surface area contributed by atoms with Crippen LogP contribution in [0.4, 0.5) is 4.39 Å². The standard InChI is InChI=1S/C17H16FN3O/c1-11(2)17(22)10-21-16-7-13(8-19-15(16)9-20-21)12-3-5-14(18)6-4-12/h3-9,11H,10H2,1-2H3. The fraction of sp³-hybridized carbons (Fsp3) is 0.235. The number of nitrogens with zero attached hydrogens (tertiary/aromatic N) is 3. The molecule has 1 aromatic carbocycles. The van der Waals surface area contributed by atoms with E-state index in [4.69, 9.17) is 0 Å². The van der Waals surface area contributed by atoms with Crippen molar-refractivity contribution in [2.45, 2.75) is 20.4 Å². The molecule has 112 valence electrons. The van der Waals surface area contributed by atoms with Crippen molar-refractivity contribution in [3.63, 3.8) is 0 Å². The third kappa shape index (κ3) is 2.74. The van der Waals surface area contributed by atoms with Gasteiger partial charge in [-0.15, -0.1) is 0 Å². The van der Waals surface area contributed by atoms with E-state index in [1.165, 1.54) is 12.1 Å². The van der Waals surface area contributed by atoms with Gasteiger partial charge in [0.2, 0.25) is 0 Å². The fourth-order valence-corrected chi connectivity index (χ4v) is 2.21. The second kappa shape index (κ2) is 5.67. The van der Waals surface area contributed by atoms with Gasteiger partial charge in [-0.3, -0.25) is 14.5 Å². The minimum absolute atomic E-state index is 0.0347. The van der Waals surface area contributed by atoms with Crippen LogP contribution in [0.3, 0.4) is 0 Å². The van der Waals surface area contributed by atoms with Crippen LogP contribution in [0.1, 0.15) is 13.8 Å². The Morgan fingerprint density at radius 3 is 2.59 bits per heavy atom. The molecule has 2 aromatic heterocycles. The lowest BCUT2D eigenvalue weighted by atomic mass is 10.1. The maximum atomic E-state index is 13.0. The van der Waals surface area contributed by atoms with Crippen molar-refractivity contribution < 1.29 is 9.18 Å². The van der Waals surface area contributed by atoms with E-state index in [9.17, 15) is 9.18 Å². The zero-order valence-corrected chi connectivity index (χ0v) is 12.5. The largest absolute Gasteiger partial charge is 0.297 e. The summed E-state index contributed by atoms with van der Waals surface area (Å²) in [6.45, 7) is 3.97. The van der Waals surface area contributed by atoms with Crippen LogP contribution in [0.5, 0.6) is 0 Å². The molecule has 3 aromatic rings. The van der Waals surface area contributed by atoms with Gasteiger partial charge >= 0.3 is 0 Å². The number of hydrogen-bond acceptors (Lipinski definition) is 3. The molecule has 0 radical (unpaired) electrons. The molecule has 0 aliphatic rings. The molecule has 0 saturated carbocycles. The van der Waals surface area contributed by atoms with E-state index >= 15 is 0 Å². The molecule has 0 unspecified atom stereocenters. The van der Waals surface area contributed by atoms with Crippen LogP contribution in [-0.2, 0) is 11.3 Å². The van der Waals surface area contributed by atoms with Gasteiger partial charge in [0.25, 0.3) is 0 Å². The monoisotopic (exact) mass is 297 g/mol. The summed E-state index contributed by atoms with van der Waals surface area (Å²) in [6.07, 6.45) is 3.38. The predicted molar refractivity (Wildman–Crippen MR) is 82.8 cm³/mol. The molecule has 0 atom stereocenters. The maximum Gasteiger partial charge on any atom is 0.156 e. The molecule has 3 rings (SSSR count).